The van der Waals surface area contributed by atoms with Crippen LogP contribution in [0.15, 0.2) is 30.3 Å². The topological polar surface area (TPSA) is 84.5 Å². The summed E-state index contributed by atoms with van der Waals surface area (Å²) in [4.78, 5) is 30.9. The molecule has 1 aromatic carbocycles. The summed E-state index contributed by atoms with van der Waals surface area (Å²) in [6.07, 6.45) is 1.20. The van der Waals surface area contributed by atoms with Crippen LogP contribution in [0.4, 0.5) is 4.79 Å². The van der Waals surface area contributed by atoms with E-state index < -0.39 is 0 Å². The molecule has 0 unspecified atom stereocenters. The zero-order chi connectivity index (χ0) is 14.8. The Morgan fingerprint density at radius 1 is 1.20 bits per heavy atom. The van der Waals surface area contributed by atoms with Gasteiger partial charge in [0.25, 0.3) is 0 Å². The van der Waals surface area contributed by atoms with Crippen molar-refractivity contribution in [1.82, 2.24) is 10.6 Å². The number of hydrogen-bond donors (Lipinski definition) is 2. The van der Waals surface area contributed by atoms with Crippen LogP contribution in [0.3, 0.4) is 0 Å². The minimum Gasteiger partial charge on any atom is -0.453 e. The van der Waals surface area contributed by atoms with Gasteiger partial charge in [-0.2, -0.15) is 0 Å². The molecule has 108 valence electrons. The monoisotopic (exact) mass is 278 g/mol. The second kappa shape index (κ2) is 8.68. The van der Waals surface area contributed by atoms with E-state index in [1.54, 1.807) is 0 Å². The predicted molar refractivity (Wildman–Crippen MR) is 72.9 cm³/mol. The standard InChI is InChI=1S/C10H13NO2.C4H5NO2/c1-13-10(12)11-8-7-9-5-3-2-4-6-9;6-3-1-2-4(7)5-3/h2-6H,7-8H2,1H3,(H,11,12);1-2H2,(H,5,6,7). The maximum absolute atomic E-state index is 10.7. The first-order chi connectivity index (χ1) is 9.61. The maximum Gasteiger partial charge on any atom is 0.406 e. The van der Waals surface area contributed by atoms with E-state index in [0.29, 0.717) is 19.4 Å². The molecule has 1 aliphatic heterocycles. The highest BCUT2D eigenvalue weighted by Gasteiger charge is 2.15. The second-order valence-electron chi connectivity index (χ2n) is 4.13. The van der Waals surface area contributed by atoms with Gasteiger partial charge in [0.1, 0.15) is 0 Å². The van der Waals surface area contributed by atoms with Gasteiger partial charge in [0, 0.05) is 19.4 Å². The Morgan fingerprint density at radius 3 is 2.25 bits per heavy atom. The number of alkyl carbamates (subject to hydrolysis) is 1. The molecule has 2 rings (SSSR count). The van der Waals surface area contributed by atoms with E-state index in [1.807, 2.05) is 30.3 Å². The van der Waals surface area contributed by atoms with Gasteiger partial charge in [0.05, 0.1) is 7.11 Å². The number of rotatable bonds is 3. The first kappa shape index (κ1) is 15.7. The van der Waals surface area contributed by atoms with E-state index in [1.165, 1.54) is 12.7 Å². The second-order valence-corrected chi connectivity index (χ2v) is 4.13. The van der Waals surface area contributed by atoms with Crippen molar-refractivity contribution in [3.63, 3.8) is 0 Å². The summed E-state index contributed by atoms with van der Waals surface area (Å²) < 4.78 is 4.44. The highest BCUT2D eigenvalue weighted by Crippen LogP contribution is 1.98. The third-order valence-corrected chi connectivity index (χ3v) is 2.57. The van der Waals surface area contributed by atoms with Crippen LogP contribution in [0.2, 0.25) is 0 Å². The van der Waals surface area contributed by atoms with Gasteiger partial charge in [-0.05, 0) is 12.0 Å². The highest BCUT2D eigenvalue weighted by molar-refractivity contribution is 6.01. The Labute approximate surface area is 117 Å². The Morgan fingerprint density at radius 2 is 1.80 bits per heavy atom. The fourth-order valence-electron chi connectivity index (χ4n) is 1.53. The summed E-state index contributed by atoms with van der Waals surface area (Å²) in [5.74, 6) is -0.296. The minimum atomic E-state index is -0.379. The number of carbonyl (C=O) groups excluding carboxylic acids is 3. The fraction of sp³-hybridized carbons (Fsp3) is 0.357. The number of amides is 3. The summed E-state index contributed by atoms with van der Waals surface area (Å²) in [6, 6.07) is 9.98. The van der Waals surface area contributed by atoms with Crippen LogP contribution in [0.1, 0.15) is 18.4 Å². The largest absolute Gasteiger partial charge is 0.453 e. The molecule has 20 heavy (non-hydrogen) atoms. The van der Waals surface area contributed by atoms with Crippen LogP contribution < -0.4 is 10.6 Å². The lowest BCUT2D eigenvalue weighted by atomic mass is 10.1. The van der Waals surface area contributed by atoms with E-state index in [0.717, 1.165) is 6.42 Å². The molecule has 0 saturated carbocycles. The minimum absolute atomic E-state index is 0.148. The van der Waals surface area contributed by atoms with Gasteiger partial charge in [-0.15, -0.1) is 0 Å². The molecule has 1 fully saturated rings. The normalized spacial score (nSPS) is 13.1. The number of nitrogens with one attached hydrogen (secondary N) is 2. The average Bonchev–Trinajstić information content (AvgIpc) is 2.84. The molecule has 6 heteroatoms. The average molecular weight is 278 g/mol. The molecule has 0 atom stereocenters. The molecule has 2 N–H and O–H groups in total. The van der Waals surface area contributed by atoms with Gasteiger partial charge >= 0.3 is 6.09 Å². The first-order valence-electron chi connectivity index (χ1n) is 6.30. The summed E-state index contributed by atoms with van der Waals surface area (Å²) in [7, 11) is 1.36. The van der Waals surface area contributed by atoms with Gasteiger partial charge in [-0.1, -0.05) is 30.3 Å². The number of methoxy groups -OCH3 is 1. The Hall–Kier alpha value is -2.37. The summed E-state index contributed by atoms with van der Waals surface area (Å²) in [5, 5.41) is 4.76. The molecule has 6 nitrogen and oxygen atoms in total. The third-order valence-electron chi connectivity index (χ3n) is 2.57. The molecule has 0 spiro atoms. The molecule has 0 aliphatic carbocycles. The maximum atomic E-state index is 10.7. The number of imide groups is 1. The lowest BCUT2D eigenvalue weighted by molar-refractivity contribution is -0.124. The van der Waals surface area contributed by atoms with E-state index in [9.17, 15) is 14.4 Å². The van der Waals surface area contributed by atoms with Crippen molar-refractivity contribution in [3.8, 4) is 0 Å². The first-order valence-corrected chi connectivity index (χ1v) is 6.30. The molecular formula is C14H18N2O4. The van der Waals surface area contributed by atoms with Crippen LogP contribution in [0, 0.1) is 0 Å². The van der Waals surface area contributed by atoms with Gasteiger partial charge < -0.3 is 10.1 Å². The number of benzene rings is 1. The summed E-state index contributed by atoms with van der Waals surface area (Å²) in [5.41, 5.74) is 1.21. The molecule has 1 aliphatic rings. The van der Waals surface area contributed by atoms with Crippen molar-refractivity contribution in [2.24, 2.45) is 0 Å². The van der Waals surface area contributed by atoms with Gasteiger partial charge in [0.2, 0.25) is 11.8 Å². The Balaban J connectivity index is 0.000000240. The number of hydrogen-bond acceptors (Lipinski definition) is 4. The van der Waals surface area contributed by atoms with E-state index in [2.05, 4.69) is 15.4 Å². The predicted octanol–water partition coefficient (Wildman–Crippen LogP) is 1.01. The Bertz CT molecular complexity index is 446. The summed E-state index contributed by atoms with van der Waals surface area (Å²) >= 11 is 0. The molecule has 0 aromatic heterocycles. The van der Waals surface area contributed by atoms with E-state index >= 15 is 0 Å². The summed E-state index contributed by atoms with van der Waals surface area (Å²) in [6.45, 7) is 0.608. The van der Waals surface area contributed by atoms with Gasteiger partial charge in [0.15, 0.2) is 0 Å². The zero-order valence-electron chi connectivity index (χ0n) is 11.3. The van der Waals surface area contributed by atoms with Crippen LogP contribution in [0.25, 0.3) is 0 Å². The lowest BCUT2D eigenvalue weighted by Gasteiger charge is -2.02. The van der Waals surface area contributed by atoms with Crippen LogP contribution in [-0.2, 0) is 20.7 Å². The lowest BCUT2D eigenvalue weighted by Crippen LogP contribution is -2.25. The van der Waals surface area contributed by atoms with E-state index in [-0.39, 0.29) is 17.9 Å². The quantitative estimate of drug-likeness (QED) is 0.808. The van der Waals surface area contributed by atoms with Gasteiger partial charge in [-0.3, -0.25) is 14.9 Å². The zero-order valence-corrected chi connectivity index (χ0v) is 11.3. The molecule has 1 heterocycles. The molecule has 0 radical (unpaired) electrons. The smallest absolute Gasteiger partial charge is 0.406 e. The van der Waals surface area contributed by atoms with Crippen molar-refractivity contribution >= 4 is 17.9 Å². The SMILES string of the molecule is COC(=O)NCCc1ccccc1.O=C1CCC(=O)N1. The van der Waals surface area contributed by atoms with Gasteiger partial charge in [-0.25, -0.2) is 4.79 Å². The molecule has 1 aromatic rings. The number of carbonyl (C=O) groups is 3. The highest BCUT2D eigenvalue weighted by atomic mass is 16.5. The fourth-order valence-corrected chi connectivity index (χ4v) is 1.53. The molecule has 3 amide bonds. The van der Waals surface area contributed by atoms with Crippen molar-refractivity contribution in [2.75, 3.05) is 13.7 Å². The van der Waals surface area contributed by atoms with Crippen molar-refractivity contribution in [1.29, 1.82) is 0 Å². The Kier molecular flexibility index (Phi) is 6.81. The molecule has 1 saturated heterocycles. The third kappa shape index (κ3) is 6.53. The van der Waals surface area contributed by atoms with Crippen LogP contribution in [-0.4, -0.2) is 31.6 Å². The van der Waals surface area contributed by atoms with Crippen molar-refractivity contribution < 1.29 is 19.1 Å². The van der Waals surface area contributed by atoms with Crippen LogP contribution in [0.5, 0.6) is 0 Å². The number of ether oxygens (including phenoxy) is 1. The van der Waals surface area contributed by atoms with Crippen LogP contribution >= 0.6 is 0 Å². The van der Waals surface area contributed by atoms with E-state index in [4.69, 9.17) is 0 Å². The molecular weight excluding hydrogens is 260 g/mol. The molecule has 0 bridgehead atoms. The van der Waals surface area contributed by atoms with Crippen molar-refractivity contribution in [3.05, 3.63) is 35.9 Å². The van der Waals surface area contributed by atoms with Crippen molar-refractivity contribution in [2.45, 2.75) is 19.3 Å².